The zero-order valence-corrected chi connectivity index (χ0v) is 17.7. The van der Waals surface area contributed by atoms with E-state index in [1.54, 1.807) is 19.1 Å². The third-order valence-electron chi connectivity index (χ3n) is 4.59. The van der Waals surface area contributed by atoms with Crippen LogP contribution < -0.4 is 10.2 Å². The van der Waals surface area contributed by atoms with Gasteiger partial charge in [-0.25, -0.2) is 8.42 Å². The molecule has 1 aromatic carbocycles. The summed E-state index contributed by atoms with van der Waals surface area (Å²) in [6.07, 6.45) is 1.73. The predicted molar refractivity (Wildman–Crippen MR) is 109 cm³/mol. The Kier molecular flexibility index (Phi) is 6.04. The van der Waals surface area contributed by atoms with Crippen molar-refractivity contribution in [2.75, 3.05) is 23.7 Å². The average molecular weight is 457 g/mol. The van der Waals surface area contributed by atoms with Gasteiger partial charge in [0, 0.05) is 29.3 Å². The summed E-state index contributed by atoms with van der Waals surface area (Å²) in [4.78, 5) is 15.6. The predicted octanol–water partition coefficient (Wildman–Crippen LogP) is 3.70. The van der Waals surface area contributed by atoms with Gasteiger partial charge in [-0.2, -0.15) is 0 Å². The number of nitrogens with zero attached hydrogens (tertiary/aromatic N) is 1. The Morgan fingerprint density at radius 1 is 1.23 bits per heavy atom. The van der Waals surface area contributed by atoms with Crippen molar-refractivity contribution in [2.45, 2.75) is 30.7 Å². The Balaban J connectivity index is 1.57. The van der Waals surface area contributed by atoms with E-state index in [1.807, 2.05) is 23.6 Å². The third-order valence-corrected chi connectivity index (χ3v) is 8.18. The summed E-state index contributed by atoms with van der Waals surface area (Å²) in [6, 6.07) is 9.12. The number of carbonyl (C=O) groups is 1. The topological polar surface area (TPSA) is 66.5 Å². The quantitative estimate of drug-likeness (QED) is 0.744. The number of piperidine rings is 1. The first kappa shape index (κ1) is 19.4. The van der Waals surface area contributed by atoms with Crippen molar-refractivity contribution in [3.05, 3.63) is 45.1 Å². The molecule has 8 heteroatoms. The second-order valence-corrected chi connectivity index (χ2v) is 10.3. The number of halogens is 1. The van der Waals surface area contributed by atoms with Crippen LogP contribution in [0.1, 0.15) is 29.4 Å². The lowest BCUT2D eigenvalue weighted by Gasteiger charge is -2.34. The van der Waals surface area contributed by atoms with E-state index >= 15 is 0 Å². The lowest BCUT2D eigenvalue weighted by molar-refractivity contribution is 0.0934. The minimum absolute atomic E-state index is 0.0283. The lowest BCUT2D eigenvalue weighted by atomic mass is 10.0. The number of hydrogen-bond donors (Lipinski definition) is 1. The molecule has 0 saturated carbocycles. The molecule has 3 rings (SSSR count). The van der Waals surface area contributed by atoms with E-state index in [1.165, 1.54) is 11.3 Å². The molecule has 5 nitrogen and oxygen atoms in total. The molecule has 1 N–H and O–H groups in total. The SMILES string of the molecule is CCS(=O)(=O)c1ccc(N2CCC(NC(=O)c3sccc3Br)CC2)cc1. The van der Waals surface area contributed by atoms with E-state index in [-0.39, 0.29) is 17.7 Å². The molecule has 1 amide bonds. The maximum atomic E-state index is 12.3. The maximum Gasteiger partial charge on any atom is 0.262 e. The standard InChI is InChI=1S/C18H21BrN2O3S2/c1-2-26(23,24)15-5-3-14(4-6-15)21-10-7-13(8-11-21)20-18(22)17-16(19)9-12-25-17/h3-6,9,12-13H,2,7-8,10-11H2,1H3,(H,20,22). The van der Waals surface area contributed by atoms with Crippen molar-refractivity contribution < 1.29 is 13.2 Å². The normalized spacial score (nSPS) is 15.8. The summed E-state index contributed by atoms with van der Waals surface area (Å²) < 4.78 is 24.6. The molecule has 1 fully saturated rings. The van der Waals surface area contributed by atoms with Crippen LogP contribution in [0.15, 0.2) is 45.1 Å². The molecule has 2 aromatic rings. The minimum atomic E-state index is -3.16. The minimum Gasteiger partial charge on any atom is -0.371 e. The smallest absolute Gasteiger partial charge is 0.262 e. The number of carbonyl (C=O) groups excluding carboxylic acids is 1. The second kappa shape index (κ2) is 8.10. The zero-order chi connectivity index (χ0) is 18.7. The van der Waals surface area contributed by atoms with Gasteiger partial charge in [-0.3, -0.25) is 4.79 Å². The van der Waals surface area contributed by atoms with Crippen molar-refractivity contribution in [1.29, 1.82) is 0 Å². The Morgan fingerprint density at radius 2 is 1.88 bits per heavy atom. The fraction of sp³-hybridized carbons (Fsp3) is 0.389. The van der Waals surface area contributed by atoms with Crippen LogP contribution in [0.3, 0.4) is 0 Å². The highest BCUT2D eigenvalue weighted by Crippen LogP contribution is 2.25. The molecule has 2 heterocycles. The summed E-state index contributed by atoms with van der Waals surface area (Å²) in [5.74, 6) is 0.0806. The summed E-state index contributed by atoms with van der Waals surface area (Å²) >= 11 is 4.83. The summed E-state index contributed by atoms with van der Waals surface area (Å²) in [6.45, 7) is 3.31. The fourth-order valence-electron chi connectivity index (χ4n) is 3.02. The first-order valence-corrected chi connectivity index (χ1v) is 11.8. The first-order valence-electron chi connectivity index (χ1n) is 8.52. The number of amides is 1. The molecule has 0 spiro atoms. The molecule has 1 aliphatic rings. The highest BCUT2D eigenvalue weighted by atomic mass is 79.9. The molecule has 0 atom stereocenters. The van der Waals surface area contributed by atoms with E-state index in [0.717, 1.165) is 36.1 Å². The van der Waals surface area contributed by atoms with Crippen LogP contribution in [0.5, 0.6) is 0 Å². The molecule has 1 aromatic heterocycles. The van der Waals surface area contributed by atoms with Gasteiger partial charge in [-0.1, -0.05) is 6.92 Å². The Morgan fingerprint density at radius 3 is 2.42 bits per heavy atom. The van der Waals surface area contributed by atoms with Crippen LogP contribution in [0, 0.1) is 0 Å². The molecule has 0 unspecified atom stereocenters. The van der Waals surface area contributed by atoms with Crippen LogP contribution in [-0.4, -0.2) is 39.2 Å². The molecule has 26 heavy (non-hydrogen) atoms. The summed E-state index contributed by atoms with van der Waals surface area (Å²) in [5.41, 5.74) is 1.02. The van der Waals surface area contributed by atoms with Crippen LogP contribution >= 0.6 is 27.3 Å². The molecule has 1 aliphatic heterocycles. The Hall–Kier alpha value is -1.38. The fourth-order valence-corrected chi connectivity index (χ4v) is 5.36. The molecular formula is C18H21BrN2O3S2. The van der Waals surface area contributed by atoms with Gasteiger partial charge in [0.2, 0.25) is 0 Å². The van der Waals surface area contributed by atoms with E-state index in [9.17, 15) is 13.2 Å². The van der Waals surface area contributed by atoms with E-state index in [4.69, 9.17) is 0 Å². The van der Waals surface area contributed by atoms with Gasteiger partial charge in [-0.05, 0) is 64.5 Å². The number of benzene rings is 1. The molecular weight excluding hydrogens is 436 g/mol. The van der Waals surface area contributed by atoms with Crippen molar-refractivity contribution in [3.63, 3.8) is 0 Å². The molecule has 1 saturated heterocycles. The molecule has 140 valence electrons. The van der Waals surface area contributed by atoms with Crippen molar-refractivity contribution >= 4 is 48.7 Å². The largest absolute Gasteiger partial charge is 0.371 e. The number of nitrogens with one attached hydrogen (secondary N) is 1. The van der Waals surface area contributed by atoms with Crippen molar-refractivity contribution in [3.8, 4) is 0 Å². The molecule has 0 bridgehead atoms. The highest BCUT2D eigenvalue weighted by Gasteiger charge is 2.23. The molecule has 0 aliphatic carbocycles. The van der Waals surface area contributed by atoms with Crippen LogP contribution in [0.2, 0.25) is 0 Å². The van der Waals surface area contributed by atoms with Gasteiger partial charge in [0.25, 0.3) is 5.91 Å². The average Bonchev–Trinajstić information content (AvgIpc) is 3.08. The van der Waals surface area contributed by atoms with Gasteiger partial charge in [-0.15, -0.1) is 11.3 Å². The van der Waals surface area contributed by atoms with Gasteiger partial charge < -0.3 is 10.2 Å². The Labute approximate surface area is 166 Å². The van der Waals surface area contributed by atoms with Crippen molar-refractivity contribution in [1.82, 2.24) is 5.32 Å². The Bertz CT molecular complexity index is 870. The van der Waals surface area contributed by atoms with Crippen molar-refractivity contribution in [2.24, 2.45) is 0 Å². The number of rotatable bonds is 5. The highest BCUT2D eigenvalue weighted by molar-refractivity contribution is 9.10. The van der Waals surface area contributed by atoms with Crippen LogP contribution in [0.25, 0.3) is 0 Å². The first-order chi connectivity index (χ1) is 12.4. The van der Waals surface area contributed by atoms with Gasteiger partial charge in [0.1, 0.15) is 4.88 Å². The number of hydrogen-bond acceptors (Lipinski definition) is 5. The summed E-state index contributed by atoms with van der Waals surface area (Å²) in [5, 5.41) is 5.00. The monoisotopic (exact) mass is 456 g/mol. The van der Waals surface area contributed by atoms with E-state index in [0.29, 0.717) is 9.77 Å². The zero-order valence-electron chi connectivity index (χ0n) is 14.4. The third kappa shape index (κ3) is 4.29. The van der Waals surface area contributed by atoms with E-state index in [2.05, 4.69) is 26.1 Å². The maximum absolute atomic E-state index is 12.3. The second-order valence-electron chi connectivity index (χ2n) is 6.23. The number of thiophene rings is 1. The van der Waals surface area contributed by atoms with Gasteiger partial charge in [0.15, 0.2) is 9.84 Å². The van der Waals surface area contributed by atoms with Gasteiger partial charge >= 0.3 is 0 Å². The van der Waals surface area contributed by atoms with Gasteiger partial charge in [0.05, 0.1) is 10.6 Å². The van der Waals surface area contributed by atoms with Crippen LogP contribution in [-0.2, 0) is 9.84 Å². The van der Waals surface area contributed by atoms with E-state index < -0.39 is 9.84 Å². The lowest BCUT2D eigenvalue weighted by Crippen LogP contribution is -2.44. The number of anilines is 1. The molecule has 0 radical (unpaired) electrons. The van der Waals surface area contributed by atoms with Crippen LogP contribution in [0.4, 0.5) is 5.69 Å². The number of sulfone groups is 1. The summed E-state index contributed by atoms with van der Waals surface area (Å²) in [7, 11) is -3.16.